The van der Waals surface area contributed by atoms with Gasteiger partial charge in [0.25, 0.3) is 0 Å². The van der Waals surface area contributed by atoms with Crippen LogP contribution < -0.4 is 5.73 Å². The van der Waals surface area contributed by atoms with Crippen LogP contribution in [0.2, 0.25) is 0 Å². The van der Waals surface area contributed by atoms with Gasteiger partial charge < -0.3 is 10.6 Å². The van der Waals surface area contributed by atoms with Crippen molar-refractivity contribution in [1.29, 1.82) is 0 Å². The van der Waals surface area contributed by atoms with Gasteiger partial charge in [0.1, 0.15) is 0 Å². The van der Waals surface area contributed by atoms with Gasteiger partial charge in [-0.25, -0.2) is 0 Å². The first kappa shape index (κ1) is 11.9. The van der Waals surface area contributed by atoms with Gasteiger partial charge in [-0.3, -0.25) is 4.90 Å². The predicted molar refractivity (Wildman–Crippen MR) is 71.0 cm³/mol. The van der Waals surface area contributed by atoms with Crippen LogP contribution in [0.15, 0.2) is 0 Å². The standard InChI is InChI=1S/C14H27N3/c1-2-13-4-3-7-17(13)14(10-15)11-16-8-5-12(14)6-9-16/h12-13H,2-11,15H2,1H3. The maximum atomic E-state index is 6.25. The Labute approximate surface area is 105 Å². The molecular formula is C14H27N3. The van der Waals surface area contributed by atoms with Crippen molar-refractivity contribution in [3.05, 3.63) is 0 Å². The summed E-state index contributed by atoms with van der Waals surface area (Å²) in [4.78, 5) is 5.46. The third-order valence-corrected chi connectivity index (χ3v) is 5.62. The summed E-state index contributed by atoms with van der Waals surface area (Å²) < 4.78 is 0. The first-order valence-electron chi connectivity index (χ1n) is 7.49. The Morgan fingerprint density at radius 2 is 1.94 bits per heavy atom. The van der Waals surface area contributed by atoms with E-state index in [9.17, 15) is 0 Å². The molecule has 2 N–H and O–H groups in total. The van der Waals surface area contributed by atoms with Crippen LogP contribution in [0.1, 0.15) is 39.0 Å². The number of rotatable bonds is 3. The summed E-state index contributed by atoms with van der Waals surface area (Å²) in [7, 11) is 0. The third-order valence-electron chi connectivity index (χ3n) is 5.62. The van der Waals surface area contributed by atoms with Crippen LogP contribution in [-0.4, -0.2) is 54.1 Å². The van der Waals surface area contributed by atoms with Gasteiger partial charge >= 0.3 is 0 Å². The largest absolute Gasteiger partial charge is 0.329 e. The average molecular weight is 237 g/mol. The molecule has 3 heteroatoms. The van der Waals surface area contributed by atoms with Crippen molar-refractivity contribution in [1.82, 2.24) is 9.80 Å². The van der Waals surface area contributed by atoms with Crippen molar-refractivity contribution in [2.75, 3.05) is 32.7 Å². The Bertz CT molecular complexity index is 273. The minimum absolute atomic E-state index is 0.327. The van der Waals surface area contributed by atoms with E-state index in [0.717, 1.165) is 18.5 Å². The normalized spacial score (nSPS) is 46.6. The number of piperidine rings is 3. The highest BCUT2D eigenvalue weighted by atomic mass is 15.3. The Morgan fingerprint density at radius 1 is 1.18 bits per heavy atom. The molecule has 0 aromatic heterocycles. The number of hydrogen-bond acceptors (Lipinski definition) is 3. The SMILES string of the molecule is CCC1CCCN1C1(CN)CN2CCC1CC2. The van der Waals surface area contributed by atoms with E-state index in [2.05, 4.69) is 16.7 Å². The van der Waals surface area contributed by atoms with Crippen LogP contribution in [0.5, 0.6) is 0 Å². The van der Waals surface area contributed by atoms with E-state index in [4.69, 9.17) is 5.73 Å². The van der Waals surface area contributed by atoms with Crippen molar-refractivity contribution in [2.45, 2.75) is 50.6 Å². The molecule has 4 aliphatic heterocycles. The molecule has 2 bridgehead atoms. The zero-order valence-corrected chi connectivity index (χ0v) is 11.2. The molecule has 17 heavy (non-hydrogen) atoms. The summed E-state index contributed by atoms with van der Waals surface area (Å²) in [6.07, 6.45) is 6.83. The molecule has 4 heterocycles. The zero-order chi connectivity index (χ0) is 11.9. The van der Waals surface area contributed by atoms with Crippen molar-refractivity contribution in [3.63, 3.8) is 0 Å². The Morgan fingerprint density at radius 3 is 2.47 bits per heavy atom. The lowest BCUT2D eigenvalue weighted by molar-refractivity contribution is -0.0732. The fourth-order valence-electron chi connectivity index (χ4n) is 4.66. The lowest BCUT2D eigenvalue weighted by Crippen LogP contribution is -2.70. The Balaban J connectivity index is 1.86. The van der Waals surface area contributed by atoms with Crippen molar-refractivity contribution in [3.8, 4) is 0 Å². The summed E-state index contributed by atoms with van der Waals surface area (Å²) >= 11 is 0. The van der Waals surface area contributed by atoms with Crippen molar-refractivity contribution in [2.24, 2.45) is 11.7 Å². The number of nitrogens with two attached hydrogens (primary N) is 1. The highest BCUT2D eigenvalue weighted by molar-refractivity contribution is 5.08. The van der Waals surface area contributed by atoms with E-state index < -0.39 is 0 Å². The Hall–Kier alpha value is -0.120. The second-order valence-corrected chi connectivity index (χ2v) is 6.26. The van der Waals surface area contributed by atoms with Crippen LogP contribution >= 0.6 is 0 Å². The van der Waals surface area contributed by atoms with Crippen LogP contribution in [0, 0.1) is 5.92 Å². The van der Waals surface area contributed by atoms with Crippen LogP contribution in [0.3, 0.4) is 0 Å². The molecule has 0 amide bonds. The minimum atomic E-state index is 0.327. The van der Waals surface area contributed by atoms with E-state index in [-0.39, 0.29) is 0 Å². The first-order valence-corrected chi connectivity index (χ1v) is 7.49. The highest BCUT2D eigenvalue weighted by Gasteiger charge is 2.51. The van der Waals surface area contributed by atoms with E-state index >= 15 is 0 Å². The molecule has 98 valence electrons. The number of nitrogens with zero attached hydrogens (tertiary/aromatic N) is 2. The topological polar surface area (TPSA) is 32.5 Å². The average Bonchev–Trinajstić information content (AvgIpc) is 2.88. The molecule has 3 nitrogen and oxygen atoms in total. The number of hydrogen-bond donors (Lipinski definition) is 1. The van der Waals surface area contributed by atoms with E-state index in [1.165, 1.54) is 58.3 Å². The molecule has 0 saturated carbocycles. The molecule has 0 radical (unpaired) electrons. The van der Waals surface area contributed by atoms with Gasteiger partial charge in [-0.05, 0) is 57.7 Å². The smallest absolute Gasteiger partial charge is 0.0490 e. The maximum Gasteiger partial charge on any atom is 0.0490 e. The van der Waals surface area contributed by atoms with Crippen LogP contribution in [-0.2, 0) is 0 Å². The van der Waals surface area contributed by atoms with Gasteiger partial charge in [0.15, 0.2) is 0 Å². The lowest BCUT2D eigenvalue weighted by Gasteiger charge is -2.58. The second-order valence-electron chi connectivity index (χ2n) is 6.26. The van der Waals surface area contributed by atoms with Gasteiger partial charge in [0.2, 0.25) is 0 Å². The van der Waals surface area contributed by atoms with Crippen LogP contribution in [0.4, 0.5) is 0 Å². The molecule has 0 aromatic carbocycles. The van der Waals surface area contributed by atoms with Gasteiger partial charge in [-0.15, -0.1) is 0 Å². The molecule has 4 fully saturated rings. The fourth-order valence-corrected chi connectivity index (χ4v) is 4.66. The van der Waals surface area contributed by atoms with E-state index in [1.807, 2.05) is 0 Å². The molecule has 0 aromatic rings. The summed E-state index contributed by atoms with van der Waals surface area (Å²) in [6.45, 7) is 8.37. The maximum absolute atomic E-state index is 6.25. The second kappa shape index (κ2) is 4.52. The summed E-state index contributed by atoms with van der Waals surface area (Å²) in [5.74, 6) is 0.865. The van der Waals surface area contributed by atoms with Gasteiger partial charge in [-0.2, -0.15) is 0 Å². The molecule has 4 aliphatic rings. The zero-order valence-electron chi connectivity index (χ0n) is 11.2. The molecule has 4 rings (SSSR count). The number of fused-ring (bicyclic) bond motifs is 3. The molecule has 0 spiro atoms. The van der Waals surface area contributed by atoms with Crippen molar-refractivity contribution >= 4 is 0 Å². The fraction of sp³-hybridized carbons (Fsp3) is 1.00. The molecule has 2 unspecified atom stereocenters. The number of likely N-dealkylation sites (tertiary alicyclic amines) is 1. The highest BCUT2D eigenvalue weighted by Crippen LogP contribution is 2.42. The molecular weight excluding hydrogens is 210 g/mol. The van der Waals surface area contributed by atoms with E-state index in [1.54, 1.807) is 0 Å². The van der Waals surface area contributed by atoms with E-state index in [0.29, 0.717) is 5.54 Å². The molecule has 4 saturated heterocycles. The summed E-state index contributed by atoms with van der Waals surface area (Å²) in [6, 6.07) is 0.805. The van der Waals surface area contributed by atoms with Gasteiger partial charge in [0, 0.05) is 24.7 Å². The molecule has 0 aliphatic carbocycles. The lowest BCUT2D eigenvalue weighted by atomic mass is 9.71. The Kier molecular flexibility index (Phi) is 3.18. The quantitative estimate of drug-likeness (QED) is 0.803. The van der Waals surface area contributed by atoms with Gasteiger partial charge in [-0.1, -0.05) is 6.92 Å². The summed E-state index contributed by atoms with van der Waals surface area (Å²) in [5.41, 5.74) is 6.58. The molecule has 2 atom stereocenters. The third kappa shape index (κ3) is 1.74. The monoisotopic (exact) mass is 237 g/mol. The van der Waals surface area contributed by atoms with Gasteiger partial charge in [0.05, 0.1) is 0 Å². The minimum Gasteiger partial charge on any atom is -0.329 e. The summed E-state index contributed by atoms with van der Waals surface area (Å²) in [5, 5.41) is 0. The van der Waals surface area contributed by atoms with Crippen LogP contribution in [0.25, 0.3) is 0 Å². The first-order chi connectivity index (χ1) is 8.30. The van der Waals surface area contributed by atoms with Crippen molar-refractivity contribution < 1.29 is 0 Å². The predicted octanol–water partition coefficient (Wildman–Crippen LogP) is 1.28.